The number of piperidine rings is 1. The van der Waals surface area contributed by atoms with Crippen molar-refractivity contribution in [1.82, 2.24) is 25.2 Å². The largest absolute Gasteiger partial charge is 0.340 e. The monoisotopic (exact) mass is 325 g/mol. The highest BCUT2D eigenvalue weighted by Crippen LogP contribution is 2.31. The first kappa shape index (κ1) is 14.9. The molecule has 3 heterocycles. The Hall–Kier alpha value is -2.70. The van der Waals surface area contributed by atoms with Crippen molar-refractivity contribution in [3.63, 3.8) is 0 Å². The van der Waals surface area contributed by atoms with E-state index in [4.69, 9.17) is 4.63 Å². The topological polar surface area (TPSA) is 87.9 Å². The summed E-state index contributed by atoms with van der Waals surface area (Å²) >= 11 is 0. The molecule has 2 aromatic heterocycles. The van der Waals surface area contributed by atoms with Gasteiger partial charge in [0.2, 0.25) is 5.91 Å². The molecule has 1 amide bonds. The maximum Gasteiger partial charge on any atom is 0.229 e. The molecule has 24 heavy (non-hydrogen) atoms. The number of nitrogens with one attached hydrogen (secondary N) is 1. The first-order valence-electron chi connectivity index (χ1n) is 8.24. The third kappa shape index (κ3) is 2.66. The van der Waals surface area contributed by atoms with Crippen molar-refractivity contribution in [2.24, 2.45) is 0 Å². The summed E-state index contributed by atoms with van der Waals surface area (Å²) < 4.78 is 4.70. The number of imidazole rings is 1. The van der Waals surface area contributed by atoms with E-state index in [1.54, 1.807) is 6.92 Å². The van der Waals surface area contributed by atoms with Crippen LogP contribution in [0, 0.1) is 6.92 Å². The molecule has 0 radical (unpaired) electrons. The molecule has 124 valence electrons. The van der Waals surface area contributed by atoms with Crippen molar-refractivity contribution in [2.75, 3.05) is 6.54 Å². The average molecular weight is 325 g/mol. The van der Waals surface area contributed by atoms with Crippen LogP contribution in [-0.2, 0) is 11.2 Å². The Morgan fingerprint density at radius 2 is 2.21 bits per heavy atom. The lowest BCUT2D eigenvalue weighted by Gasteiger charge is -2.34. The Morgan fingerprint density at radius 1 is 1.33 bits per heavy atom. The van der Waals surface area contributed by atoms with Gasteiger partial charge in [-0.25, -0.2) is 9.61 Å². The van der Waals surface area contributed by atoms with Crippen LogP contribution < -0.4 is 0 Å². The van der Waals surface area contributed by atoms with E-state index >= 15 is 0 Å². The maximum absolute atomic E-state index is 12.8. The quantitative estimate of drug-likeness (QED) is 0.799. The van der Waals surface area contributed by atoms with Crippen LogP contribution in [0.2, 0.25) is 0 Å². The molecule has 1 atom stereocenters. The van der Waals surface area contributed by atoms with Gasteiger partial charge in [-0.3, -0.25) is 4.79 Å². The number of H-pyrrole nitrogens is 1. The number of aryl methyl sites for hydroxylation is 1. The zero-order chi connectivity index (χ0) is 16.5. The van der Waals surface area contributed by atoms with Gasteiger partial charge >= 0.3 is 0 Å². The fourth-order valence-electron chi connectivity index (χ4n) is 3.30. The summed E-state index contributed by atoms with van der Waals surface area (Å²) in [5.74, 6) is 0.901. The van der Waals surface area contributed by atoms with E-state index in [-0.39, 0.29) is 18.4 Å². The first-order chi connectivity index (χ1) is 11.7. The summed E-state index contributed by atoms with van der Waals surface area (Å²) in [5, 5.41) is 7.57. The lowest BCUT2D eigenvalue weighted by molar-refractivity contribution is -0.134. The predicted molar refractivity (Wildman–Crippen MR) is 87.1 cm³/mol. The molecule has 0 aliphatic carbocycles. The molecule has 4 rings (SSSR count). The van der Waals surface area contributed by atoms with Crippen molar-refractivity contribution in [2.45, 2.75) is 38.6 Å². The van der Waals surface area contributed by atoms with E-state index in [0.717, 1.165) is 42.7 Å². The molecular weight excluding hydrogens is 306 g/mol. The predicted octanol–water partition coefficient (Wildman–Crippen LogP) is 2.55. The molecule has 0 saturated carbocycles. The number of amides is 1. The first-order valence-corrected chi connectivity index (χ1v) is 8.24. The maximum atomic E-state index is 12.8. The van der Waals surface area contributed by atoms with Gasteiger partial charge in [-0.2, -0.15) is 0 Å². The van der Waals surface area contributed by atoms with Gasteiger partial charge in [-0.05, 0) is 38.3 Å². The van der Waals surface area contributed by atoms with Crippen LogP contribution in [0.15, 0.2) is 28.9 Å². The van der Waals surface area contributed by atoms with Crippen LogP contribution in [0.1, 0.15) is 42.5 Å². The van der Waals surface area contributed by atoms with Gasteiger partial charge < -0.3 is 9.88 Å². The second-order valence-corrected chi connectivity index (χ2v) is 6.21. The number of fused-ring (bicyclic) bond motifs is 1. The zero-order valence-corrected chi connectivity index (χ0v) is 13.5. The number of nitrogens with zero attached hydrogens (tertiary/aromatic N) is 4. The molecule has 1 N–H and O–H groups in total. The molecule has 7 heteroatoms. The van der Waals surface area contributed by atoms with E-state index in [1.165, 1.54) is 0 Å². The number of rotatable bonds is 3. The minimum absolute atomic E-state index is 0.0150. The van der Waals surface area contributed by atoms with E-state index in [2.05, 4.69) is 20.3 Å². The number of aromatic nitrogens is 4. The summed E-state index contributed by atoms with van der Waals surface area (Å²) in [7, 11) is 0. The van der Waals surface area contributed by atoms with Gasteiger partial charge in [0, 0.05) is 6.54 Å². The van der Waals surface area contributed by atoms with Crippen molar-refractivity contribution in [3.05, 3.63) is 41.5 Å². The highest BCUT2D eigenvalue weighted by Gasteiger charge is 2.30. The molecule has 0 bridgehead atoms. The Morgan fingerprint density at radius 3 is 3.00 bits per heavy atom. The molecule has 1 aliphatic heterocycles. The van der Waals surface area contributed by atoms with Gasteiger partial charge in [0.25, 0.3) is 0 Å². The summed E-state index contributed by atoms with van der Waals surface area (Å²) in [5.41, 5.74) is 3.21. The second-order valence-electron chi connectivity index (χ2n) is 6.21. The highest BCUT2D eigenvalue weighted by molar-refractivity contribution is 5.79. The van der Waals surface area contributed by atoms with Crippen molar-refractivity contribution in [1.29, 1.82) is 0 Å². The molecule has 3 aromatic rings. The van der Waals surface area contributed by atoms with Crippen molar-refractivity contribution < 1.29 is 9.42 Å². The molecule has 0 unspecified atom stereocenters. The standard InChI is InChI=1S/C17H19N5O2/c1-11-14(21-24-20-11)10-16(23)22-9-5-4-8-15(22)17-18-12-6-2-3-7-13(12)19-17/h2-3,6-7,15H,4-5,8-10H2,1H3,(H,18,19)/t15-/m0/s1. The third-order valence-corrected chi connectivity index (χ3v) is 4.61. The SMILES string of the molecule is Cc1nonc1CC(=O)N1CCCC[C@H]1c1nc2ccccc2[nH]1. The number of hydrogen-bond donors (Lipinski definition) is 1. The number of aromatic amines is 1. The number of benzene rings is 1. The lowest BCUT2D eigenvalue weighted by Crippen LogP contribution is -2.40. The molecule has 1 saturated heterocycles. The van der Waals surface area contributed by atoms with E-state index < -0.39 is 0 Å². The Kier molecular flexibility index (Phi) is 3.76. The number of para-hydroxylation sites is 2. The fraction of sp³-hybridized carbons (Fsp3) is 0.412. The fourth-order valence-corrected chi connectivity index (χ4v) is 3.30. The number of hydrogen-bond acceptors (Lipinski definition) is 5. The van der Waals surface area contributed by atoms with Crippen LogP contribution in [0.25, 0.3) is 11.0 Å². The summed E-state index contributed by atoms with van der Waals surface area (Å²) in [6, 6.07) is 7.92. The minimum Gasteiger partial charge on any atom is -0.340 e. The molecule has 1 aliphatic rings. The van der Waals surface area contributed by atoms with Crippen LogP contribution in [0.5, 0.6) is 0 Å². The minimum atomic E-state index is -0.0150. The molecule has 1 aromatic carbocycles. The molecular formula is C17H19N5O2. The van der Waals surface area contributed by atoms with Crippen LogP contribution in [0.3, 0.4) is 0 Å². The van der Waals surface area contributed by atoms with Gasteiger partial charge in [-0.1, -0.05) is 22.4 Å². The van der Waals surface area contributed by atoms with Gasteiger partial charge in [0.1, 0.15) is 17.2 Å². The van der Waals surface area contributed by atoms with Crippen molar-refractivity contribution >= 4 is 16.9 Å². The summed E-state index contributed by atoms with van der Waals surface area (Å²) in [6.45, 7) is 2.54. The van der Waals surface area contributed by atoms with E-state index in [0.29, 0.717) is 11.4 Å². The van der Waals surface area contributed by atoms with Gasteiger partial charge in [0.15, 0.2) is 0 Å². The normalized spacial score (nSPS) is 18.2. The summed E-state index contributed by atoms with van der Waals surface area (Å²) in [4.78, 5) is 22.8. The number of likely N-dealkylation sites (tertiary alicyclic amines) is 1. The Labute approximate surface area is 139 Å². The van der Waals surface area contributed by atoms with E-state index in [9.17, 15) is 4.79 Å². The molecule has 0 spiro atoms. The number of carbonyl (C=O) groups excluding carboxylic acids is 1. The van der Waals surface area contributed by atoms with Gasteiger partial charge in [-0.15, -0.1) is 0 Å². The lowest BCUT2D eigenvalue weighted by atomic mass is 10.0. The summed E-state index contributed by atoms with van der Waals surface area (Å²) in [6.07, 6.45) is 3.24. The zero-order valence-electron chi connectivity index (χ0n) is 13.5. The van der Waals surface area contributed by atoms with Crippen LogP contribution >= 0.6 is 0 Å². The van der Waals surface area contributed by atoms with Gasteiger partial charge in [0.05, 0.1) is 23.5 Å². The Balaban J connectivity index is 1.60. The van der Waals surface area contributed by atoms with Crippen LogP contribution in [0.4, 0.5) is 0 Å². The Bertz CT molecular complexity index is 836. The average Bonchev–Trinajstić information content (AvgIpc) is 3.21. The number of carbonyl (C=O) groups is 1. The van der Waals surface area contributed by atoms with Crippen molar-refractivity contribution in [3.8, 4) is 0 Å². The van der Waals surface area contributed by atoms with Crippen LogP contribution in [-0.4, -0.2) is 37.6 Å². The van der Waals surface area contributed by atoms with E-state index in [1.807, 2.05) is 29.2 Å². The third-order valence-electron chi connectivity index (χ3n) is 4.61. The smallest absolute Gasteiger partial charge is 0.229 e. The molecule has 1 fully saturated rings. The molecule has 7 nitrogen and oxygen atoms in total. The second kappa shape index (κ2) is 6.07. The highest BCUT2D eigenvalue weighted by atomic mass is 16.6.